The summed E-state index contributed by atoms with van der Waals surface area (Å²) in [6.07, 6.45) is 0.911. The van der Waals surface area contributed by atoms with Gasteiger partial charge < -0.3 is 10.1 Å². The fourth-order valence-electron chi connectivity index (χ4n) is 2.46. The molecule has 1 N–H and O–H groups in total. The molecule has 1 aromatic heterocycles. The number of ether oxygens (including phenoxy) is 1. The van der Waals surface area contributed by atoms with Gasteiger partial charge in [-0.3, -0.25) is 4.98 Å². The van der Waals surface area contributed by atoms with Crippen LogP contribution in [0.4, 0.5) is 5.69 Å². The van der Waals surface area contributed by atoms with Crippen LogP contribution in [0.3, 0.4) is 0 Å². The van der Waals surface area contributed by atoms with Crippen molar-refractivity contribution in [3.8, 4) is 0 Å². The molecule has 0 radical (unpaired) electrons. The molecule has 0 saturated carbocycles. The number of fused-ring (bicyclic) bond motifs is 2. The molecule has 0 unspecified atom stereocenters. The zero-order valence-electron chi connectivity index (χ0n) is 10.2. The highest BCUT2D eigenvalue weighted by Crippen LogP contribution is 2.31. The first-order valence-corrected chi connectivity index (χ1v) is 5.97. The molecule has 3 rings (SSSR count). The van der Waals surface area contributed by atoms with Crippen molar-refractivity contribution < 1.29 is 4.74 Å². The molecule has 3 heteroatoms. The summed E-state index contributed by atoms with van der Waals surface area (Å²) >= 11 is 0. The quantitative estimate of drug-likeness (QED) is 0.814. The molecule has 1 aliphatic rings. The maximum Gasteiger partial charge on any atom is 0.0755 e. The van der Waals surface area contributed by atoms with Gasteiger partial charge in [0.1, 0.15) is 0 Å². The van der Waals surface area contributed by atoms with Crippen molar-refractivity contribution in [2.75, 3.05) is 19.0 Å². The van der Waals surface area contributed by atoms with Gasteiger partial charge in [-0.15, -0.1) is 0 Å². The third kappa shape index (κ3) is 1.67. The van der Waals surface area contributed by atoms with Crippen molar-refractivity contribution in [1.82, 2.24) is 4.98 Å². The number of aryl methyl sites for hydroxylation is 1. The van der Waals surface area contributed by atoms with Crippen molar-refractivity contribution in [2.45, 2.75) is 20.0 Å². The predicted molar refractivity (Wildman–Crippen MR) is 69.4 cm³/mol. The zero-order chi connectivity index (χ0) is 11.8. The van der Waals surface area contributed by atoms with E-state index in [2.05, 4.69) is 30.4 Å². The van der Waals surface area contributed by atoms with E-state index in [9.17, 15) is 0 Å². The topological polar surface area (TPSA) is 34.2 Å². The molecule has 2 heterocycles. The second kappa shape index (κ2) is 4.00. The van der Waals surface area contributed by atoms with E-state index in [-0.39, 0.29) is 0 Å². The van der Waals surface area contributed by atoms with Crippen LogP contribution in [0.5, 0.6) is 0 Å². The number of aromatic nitrogens is 1. The van der Waals surface area contributed by atoms with Crippen LogP contribution >= 0.6 is 0 Å². The van der Waals surface area contributed by atoms with Gasteiger partial charge in [0, 0.05) is 24.4 Å². The molecular weight excluding hydrogens is 212 g/mol. The minimum Gasteiger partial charge on any atom is -0.387 e. The molecule has 17 heavy (non-hydrogen) atoms. The van der Waals surface area contributed by atoms with Gasteiger partial charge in [0.25, 0.3) is 0 Å². The van der Waals surface area contributed by atoms with E-state index in [0.29, 0.717) is 6.61 Å². The van der Waals surface area contributed by atoms with Gasteiger partial charge in [0.15, 0.2) is 0 Å². The summed E-state index contributed by atoms with van der Waals surface area (Å²) in [7, 11) is 1.96. The Morgan fingerprint density at radius 1 is 1.35 bits per heavy atom. The number of hydrogen-bond acceptors (Lipinski definition) is 3. The van der Waals surface area contributed by atoms with Crippen molar-refractivity contribution in [1.29, 1.82) is 0 Å². The SMILES string of the molecule is CNc1c2c(nc3ccc(C)cc13)CCOC2. The van der Waals surface area contributed by atoms with Crippen LogP contribution in [0.1, 0.15) is 16.8 Å². The van der Waals surface area contributed by atoms with Crippen molar-refractivity contribution in [3.05, 3.63) is 35.0 Å². The van der Waals surface area contributed by atoms with Gasteiger partial charge in [0.05, 0.1) is 30.1 Å². The van der Waals surface area contributed by atoms with E-state index in [1.54, 1.807) is 0 Å². The van der Waals surface area contributed by atoms with Gasteiger partial charge in [-0.1, -0.05) is 11.6 Å². The summed E-state index contributed by atoms with van der Waals surface area (Å²) in [5.74, 6) is 0. The molecule has 0 spiro atoms. The molecule has 0 fully saturated rings. The Hall–Kier alpha value is -1.61. The second-order valence-electron chi connectivity index (χ2n) is 4.49. The zero-order valence-corrected chi connectivity index (χ0v) is 10.2. The molecular formula is C14H16N2O. The van der Waals surface area contributed by atoms with Crippen molar-refractivity contribution in [3.63, 3.8) is 0 Å². The van der Waals surface area contributed by atoms with Gasteiger partial charge >= 0.3 is 0 Å². The molecule has 2 aromatic rings. The molecule has 0 saturated heterocycles. The minimum atomic E-state index is 0.669. The number of nitrogens with one attached hydrogen (secondary N) is 1. The van der Waals surface area contributed by atoms with Crippen LogP contribution in [0.2, 0.25) is 0 Å². The summed E-state index contributed by atoms with van der Waals surface area (Å²) in [4.78, 5) is 4.75. The lowest BCUT2D eigenvalue weighted by molar-refractivity contribution is 0.110. The number of benzene rings is 1. The molecule has 3 nitrogen and oxygen atoms in total. The van der Waals surface area contributed by atoms with Crippen LogP contribution in [0.25, 0.3) is 10.9 Å². The monoisotopic (exact) mass is 228 g/mol. The molecule has 88 valence electrons. The lowest BCUT2D eigenvalue weighted by Gasteiger charge is -2.21. The fraction of sp³-hybridized carbons (Fsp3) is 0.357. The van der Waals surface area contributed by atoms with Gasteiger partial charge in [0.2, 0.25) is 0 Å². The van der Waals surface area contributed by atoms with Crippen LogP contribution in [-0.2, 0) is 17.8 Å². The number of pyridine rings is 1. The third-order valence-electron chi connectivity index (χ3n) is 3.31. The first kappa shape index (κ1) is 10.5. The number of rotatable bonds is 1. The van der Waals surface area contributed by atoms with E-state index in [4.69, 9.17) is 9.72 Å². The normalized spacial score (nSPS) is 14.7. The number of hydrogen-bond donors (Lipinski definition) is 1. The van der Waals surface area contributed by atoms with E-state index in [0.717, 1.165) is 18.5 Å². The van der Waals surface area contributed by atoms with E-state index in [1.807, 2.05) is 7.05 Å². The average Bonchev–Trinajstić information content (AvgIpc) is 2.36. The standard InChI is InChI=1S/C14H16N2O/c1-9-3-4-12-10(7-9)14(15-2)11-8-17-6-5-13(11)16-12/h3-4,7H,5-6,8H2,1-2H3,(H,15,16). The summed E-state index contributed by atoms with van der Waals surface area (Å²) in [6, 6.07) is 6.39. The lowest BCUT2D eigenvalue weighted by atomic mass is 10.0. The Kier molecular flexibility index (Phi) is 2.48. The van der Waals surface area contributed by atoms with Crippen LogP contribution in [-0.4, -0.2) is 18.6 Å². The maximum absolute atomic E-state index is 5.54. The van der Waals surface area contributed by atoms with Crippen LogP contribution < -0.4 is 5.32 Å². The first-order chi connectivity index (χ1) is 8.29. The summed E-state index contributed by atoms with van der Waals surface area (Å²) in [5, 5.41) is 4.50. The average molecular weight is 228 g/mol. The largest absolute Gasteiger partial charge is 0.387 e. The van der Waals surface area contributed by atoms with Crippen molar-refractivity contribution in [2.24, 2.45) is 0 Å². The van der Waals surface area contributed by atoms with E-state index < -0.39 is 0 Å². The first-order valence-electron chi connectivity index (χ1n) is 5.97. The maximum atomic E-state index is 5.54. The Labute approximate surface area is 101 Å². The number of anilines is 1. The van der Waals surface area contributed by atoms with Gasteiger partial charge in [-0.25, -0.2) is 0 Å². The molecule has 0 amide bonds. The van der Waals surface area contributed by atoms with Crippen LogP contribution in [0.15, 0.2) is 18.2 Å². The van der Waals surface area contributed by atoms with Gasteiger partial charge in [-0.05, 0) is 19.1 Å². The van der Waals surface area contributed by atoms with E-state index >= 15 is 0 Å². The fourth-order valence-corrected chi connectivity index (χ4v) is 2.46. The Morgan fingerprint density at radius 2 is 2.24 bits per heavy atom. The summed E-state index contributed by atoms with van der Waals surface area (Å²) < 4.78 is 5.54. The molecule has 1 aliphatic heterocycles. The third-order valence-corrected chi connectivity index (χ3v) is 3.31. The number of nitrogens with zero attached hydrogens (tertiary/aromatic N) is 1. The molecule has 0 atom stereocenters. The highest BCUT2D eigenvalue weighted by atomic mass is 16.5. The molecule has 0 aliphatic carbocycles. The van der Waals surface area contributed by atoms with Crippen LogP contribution in [0, 0.1) is 6.92 Å². The molecule has 1 aromatic carbocycles. The summed E-state index contributed by atoms with van der Waals surface area (Å²) in [6.45, 7) is 3.55. The summed E-state index contributed by atoms with van der Waals surface area (Å²) in [5.41, 5.74) is 5.90. The van der Waals surface area contributed by atoms with E-state index in [1.165, 1.54) is 27.9 Å². The lowest BCUT2D eigenvalue weighted by Crippen LogP contribution is -2.14. The highest BCUT2D eigenvalue weighted by molar-refractivity contribution is 5.93. The minimum absolute atomic E-state index is 0.669. The highest BCUT2D eigenvalue weighted by Gasteiger charge is 2.17. The smallest absolute Gasteiger partial charge is 0.0755 e. The van der Waals surface area contributed by atoms with Gasteiger partial charge in [-0.2, -0.15) is 0 Å². The second-order valence-corrected chi connectivity index (χ2v) is 4.49. The Balaban J connectivity index is 2.35. The van der Waals surface area contributed by atoms with Crippen molar-refractivity contribution >= 4 is 16.6 Å². The molecule has 0 bridgehead atoms. The Bertz CT molecular complexity index is 578. The predicted octanol–water partition coefficient (Wildman–Crippen LogP) is 2.66. The Morgan fingerprint density at radius 3 is 3.06 bits per heavy atom.